The summed E-state index contributed by atoms with van der Waals surface area (Å²) in [5.74, 6) is 0.379. The number of carbonyl (C=O) groups is 2. The van der Waals surface area contributed by atoms with Crippen molar-refractivity contribution in [3.63, 3.8) is 0 Å². The van der Waals surface area contributed by atoms with Gasteiger partial charge in [0.05, 0.1) is 28.7 Å². The van der Waals surface area contributed by atoms with E-state index in [1.54, 1.807) is 30.3 Å². The van der Waals surface area contributed by atoms with Gasteiger partial charge in [0.25, 0.3) is 5.91 Å². The maximum atomic E-state index is 13.7. The number of amides is 1. The maximum Gasteiger partial charge on any atom is 0.254 e. The number of imidazole rings is 1. The Morgan fingerprint density at radius 2 is 2.00 bits per heavy atom. The Bertz CT molecular complexity index is 1700. The fourth-order valence-electron chi connectivity index (χ4n) is 5.81. The molecule has 0 aliphatic carbocycles. The Labute approximate surface area is 251 Å². The molecule has 5 rings (SSSR count). The van der Waals surface area contributed by atoms with E-state index in [1.807, 2.05) is 21.6 Å². The van der Waals surface area contributed by atoms with Crippen molar-refractivity contribution in [3.8, 4) is 17.5 Å². The number of hydrogen-bond donors (Lipinski definition) is 3. The van der Waals surface area contributed by atoms with Crippen molar-refractivity contribution in [1.29, 1.82) is 10.7 Å². The van der Waals surface area contributed by atoms with E-state index in [0.717, 1.165) is 18.3 Å². The lowest BCUT2D eigenvalue weighted by atomic mass is 10.1. The molecule has 1 aliphatic heterocycles. The molecule has 2 atom stereocenters. The van der Waals surface area contributed by atoms with Crippen LogP contribution < -0.4 is 16.0 Å². The van der Waals surface area contributed by atoms with Crippen LogP contribution in [0.2, 0.25) is 0 Å². The fourth-order valence-corrected chi connectivity index (χ4v) is 5.81. The van der Waals surface area contributed by atoms with E-state index in [-0.39, 0.29) is 17.9 Å². The zero-order valence-electron chi connectivity index (χ0n) is 24.5. The first-order valence-corrected chi connectivity index (χ1v) is 14.5. The number of nitrogens with zero attached hydrogens (tertiary/aromatic N) is 5. The Kier molecular flexibility index (Phi) is 8.71. The van der Waals surface area contributed by atoms with Gasteiger partial charge in [0, 0.05) is 49.0 Å². The lowest BCUT2D eigenvalue weighted by Crippen LogP contribution is -2.53. The standard InChI is InChI=1S/C33H36N8O2/c1-22-6-3-9-27(16-22)40-15-14-39(20-23(40)2)32(43)26-11-12-30-29(18-26)38-31(25-8-4-7-24(17-25)19-34)41(30)28(21-42)10-5-13-37-33(35)36/h3-4,6-9,11-12,16-18,21,23,28H,5,10,13-15,20H2,1-2H3,(H4,35,36,37)/t23?,28-/m0/s1. The SMILES string of the molecule is Cc1cccc(N2CCN(C(=O)c3ccc4c(c3)nc(-c3cccc(C#N)c3)n4[C@H](C=O)CCCNC(=N)N)CC2C)c1. The number of guanidine groups is 1. The first-order valence-electron chi connectivity index (χ1n) is 14.5. The quantitative estimate of drug-likeness (QED) is 0.117. The molecule has 10 heteroatoms. The Balaban J connectivity index is 1.44. The Hall–Kier alpha value is -5.17. The van der Waals surface area contributed by atoms with Crippen LogP contribution in [0.3, 0.4) is 0 Å². The smallest absolute Gasteiger partial charge is 0.254 e. The van der Waals surface area contributed by atoms with Gasteiger partial charge < -0.3 is 30.2 Å². The number of aldehydes is 1. The van der Waals surface area contributed by atoms with Gasteiger partial charge in [-0.1, -0.05) is 24.3 Å². The molecule has 1 aliphatic rings. The van der Waals surface area contributed by atoms with Gasteiger partial charge in [-0.15, -0.1) is 0 Å². The zero-order valence-corrected chi connectivity index (χ0v) is 24.5. The van der Waals surface area contributed by atoms with E-state index >= 15 is 0 Å². The molecular formula is C33H36N8O2. The number of benzene rings is 3. The summed E-state index contributed by atoms with van der Waals surface area (Å²) in [6.45, 7) is 6.64. The van der Waals surface area contributed by atoms with E-state index in [1.165, 1.54) is 11.3 Å². The summed E-state index contributed by atoms with van der Waals surface area (Å²) in [5.41, 5.74) is 10.8. The van der Waals surface area contributed by atoms with Crippen LogP contribution in [-0.2, 0) is 4.79 Å². The number of fused-ring (bicyclic) bond motifs is 1. The van der Waals surface area contributed by atoms with Gasteiger partial charge in [-0.2, -0.15) is 5.26 Å². The van der Waals surface area contributed by atoms with Gasteiger partial charge in [0.15, 0.2) is 5.96 Å². The molecular weight excluding hydrogens is 540 g/mol. The molecule has 0 spiro atoms. The second-order valence-electron chi connectivity index (χ2n) is 11.0. The average molecular weight is 577 g/mol. The fraction of sp³-hybridized carbons (Fsp3) is 0.303. The largest absolute Gasteiger partial charge is 0.370 e. The number of nitrogens with two attached hydrogens (primary N) is 1. The number of carbonyl (C=O) groups excluding carboxylic acids is 2. The molecule has 43 heavy (non-hydrogen) atoms. The van der Waals surface area contributed by atoms with Gasteiger partial charge in [-0.05, 0) is 74.7 Å². The van der Waals surface area contributed by atoms with Crippen LogP contribution in [0.4, 0.5) is 5.69 Å². The summed E-state index contributed by atoms with van der Waals surface area (Å²) >= 11 is 0. The molecule has 0 bridgehead atoms. The highest BCUT2D eigenvalue weighted by Crippen LogP contribution is 2.31. The topological polar surface area (TPSA) is 144 Å². The highest BCUT2D eigenvalue weighted by atomic mass is 16.2. The first-order chi connectivity index (χ1) is 20.8. The van der Waals surface area contributed by atoms with Crippen LogP contribution in [0.25, 0.3) is 22.4 Å². The minimum Gasteiger partial charge on any atom is -0.370 e. The zero-order chi connectivity index (χ0) is 30.5. The summed E-state index contributed by atoms with van der Waals surface area (Å²) in [5, 5.41) is 19.6. The molecule has 220 valence electrons. The third-order valence-electron chi connectivity index (χ3n) is 7.92. The van der Waals surface area contributed by atoms with Gasteiger partial charge in [-0.25, -0.2) is 4.98 Å². The molecule has 4 N–H and O–H groups in total. The van der Waals surface area contributed by atoms with Crippen LogP contribution in [-0.4, -0.2) is 64.8 Å². The number of nitrogens with one attached hydrogen (secondary N) is 2. The monoisotopic (exact) mass is 576 g/mol. The summed E-state index contributed by atoms with van der Waals surface area (Å²) in [7, 11) is 0. The van der Waals surface area contributed by atoms with Crippen LogP contribution in [0.5, 0.6) is 0 Å². The van der Waals surface area contributed by atoms with Crippen molar-refractivity contribution in [1.82, 2.24) is 19.8 Å². The minimum atomic E-state index is -0.545. The molecule has 1 unspecified atom stereocenters. The molecule has 1 fully saturated rings. The molecule has 1 aromatic heterocycles. The molecule has 4 aromatic rings. The minimum absolute atomic E-state index is 0.0533. The summed E-state index contributed by atoms with van der Waals surface area (Å²) in [4.78, 5) is 35.2. The second kappa shape index (κ2) is 12.8. The molecule has 0 saturated carbocycles. The molecule has 1 saturated heterocycles. The highest BCUT2D eigenvalue weighted by molar-refractivity contribution is 5.98. The second-order valence-corrected chi connectivity index (χ2v) is 11.0. The number of aryl methyl sites for hydroxylation is 1. The van der Waals surface area contributed by atoms with Gasteiger partial charge in [0.1, 0.15) is 12.1 Å². The number of rotatable bonds is 9. The van der Waals surface area contributed by atoms with Crippen LogP contribution >= 0.6 is 0 Å². The van der Waals surface area contributed by atoms with Crippen LogP contribution in [0.1, 0.15) is 47.3 Å². The lowest BCUT2D eigenvalue weighted by molar-refractivity contribution is -0.110. The van der Waals surface area contributed by atoms with Gasteiger partial charge in [-0.3, -0.25) is 10.2 Å². The average Bonchev–Trinajstić information content (AvgIpc) is 3.39. The molecule has 3 aromatic carbocycles. The van der Waals surface area contributed by atoms with Crippen molar-refractivity contribution in [3.05, 3.63) is 83.4 Å². The van der Waals surface area contributed by atoms with Crippen molar-refractivity contribution in [2.24, 2.45) is 5.73 Å². The number of aromatic nitrogens is 2. The van der Waals surface area contributed by atoms with E-state index in [2.05, 4.69) is 54.4 Å². The third kappa shape index (κ3) is 6.36. The van der Waals surface area contributed by atoms with E-state index < -0.39 is 6.04 Å². The third-order valence-corrected chi connectivity index (χ3v) is 7.92. The van der Waals surface area contributed by atoms with E-state index in [4.69, 9.17) is 16.1 Å². The Morgan fingerprint density at radius 3 is 2.72 bits per heavy atom. The summed E-state index contributed by atoms with van der Waals surface area (Å²) in [6, 6.07) is 22.8. The normalized spacial score (nSPS) is 15.6. The lowest BCUT2D eigenvalue weighted by Gasteiger charge is -2.41. The number of anilines is 1. The van der Waals surface area contributed by atoms with E-state index in [0.29, 0.717) is 60.5 Å². The molecule has 1 amide bonds. The highest BCUT2D eigenvalue weighted by Gasteiger charge is 2.28. The first kappa shape index (κ1) is 29.3. The Morgan fingerprint density at radius 1 is 1.19 bits per heavy atom. The van der Waals surface area contributed by atoms with Crippen LogP contribution in [0, 0.1) is 23.7 Å². The van der Waals surface area contributed by atoms with Crippen LogP contribution in [0.15, 0.2) is 66.7 Å². The molecule has 0 radical (unpaired) electrons. The van der Waals surface area contributed by atoms with Crippen molar-refractivity contribution >= 4 is 34.9 Å². The van der Waals surface area contributed by atoms with E-state index in [9.17, 15) is 14.9 Å². The summed E-state index contributed by atoms with van der Waals surface area (Å²) < 4.78 is 1.88. The number of piperazine rings is 1. The molecule has 10 nitrogen and oxygen atoms in total. The van der Waals surface area contributed by atoms with Gasteiger partial charge >= 0.3 is 0 Å². The number of nitriles is 1. The summed E-state index contributed by atoms with van der Waals surface area (Å²) in [6.07, 6.45) is 1.98. The van der Waals surface area contributed by atoms with Crippen molar-refractivity contribution in [2.45, 2.75) is 38.8 Å². The predicted octanol–water partition coefficient (Wildman–Crippen LogP) is 4.24. The van der Waals surface area contributed by atoms with Crippen molar-refractivity contribution < 1.29 is 9.59 Å². The molecule has 2 heterocycles. The van der Waals surface area contributed by atoms with Gasteiger partial charge in [0.2, 0.25) is 0 Å². The number of hydrogen-bond acceptors (Lipinski definition) is 6. The maximum absolute atomic E-state index is 13.7. The van der Waals surface area contributed by atoms with Crippen molar-refractivity contribution in [2.75, 3.05) is 31.1 Å². The predicted molar refractivity (Wildman–Crippen MR) is 168 cm³/mol.